The van der Waals surface area contributed by atoms with Crippen LogP contribution in [0.15, 0.2) is 24.3 Å². The van der Waals surface area contributed by atoms with Gasteiger partial charge in [-0.15, -0.1) is 0 Å². The van der Waals surface area contributed by atoms with Gasteiger partial charge in [-0.05, 0) is 56.9 Å². The number of hydrogen-bond donors (Lipinski definition) is 2. The first-order valence-electron chi connectivity index (χ1n) is 8.10. The average Bonchev–Trinajstić information content (AvgIpc) is 2.93. The predicted molar refractivity (Wildman–Crippen MR) is 83.8 cm³/mol. The van der Waals surface area contributed by atoms with Crippen LogP contribution in [0.2, 0.25) is 0 Å². The average molecular weight is 273 g/mol. The molecule has 3 heteroatoms. The number of nitrogens with one attached hydrogen (secondary N) is 2. The predicted octanol–water partition coefficient (Wildman–Crippen LogP) is 2.29. The summed E-state index contributed by atoms with van der Waals surface area (Å²) < 4.78 is 0. The van der Waals surface area contributed by atoms with Crippen LogP contribution in [0.3, 0.4) is 0 Å². The Morgan fingerprint density at radius 2 is 2.10 bits per heavy atom. The molecule has 2 heterocycles. The van der Waals surface area contributed by atoms with Gasteiger partial charge in [-0.25, -0.2) is 0 Å². The summed E-state index contributed by atoms with van der Waals surface area (Å²) in [6, 6.07) is 10.0. The fraction of sp³-hybridized carbons (Fsp3) is 0.647. The number of hydrogen-bond acceptors (Lipinski definition) is 3. The zero-order chi connectivity index (χ0) is 13.8. The maximum atomic E-state index is 3.81. The van der Waals surface area contributed by atoms with Crippen LogP contribution in [0.4, 0.5) is 0 Å². The molecule has 3 rings (SSSR count). The van der Waals surface area contributed by atoms with E-state index in [0.717, 1.165) is 19.6 Å². The van der Waals surface area contributed by atoms with Gasteiger partial charge in [0.1, 0.15) is 0 Å². The van der Waals surface area contributed by atoms with Crippen LogP contribution in [0, 0.1) is 0 Å². The Bertz CT molecular complexity index is 426. The highest BCUT2D eigenvalue weighted by molar-refractivity contribution is 5.31. The lowest BCUT2D eigenvalue weighted by atomic mass is 9.99. The lowest BCUT2D eigenvalue weighted by molar-refractivity contribution is 0.244. The topological polar surface area (TPSA) is 27.3 Å². The molecule has 2 N–H and O–H groups in total. The Balaban J connectivity index is 1.61. The molecule has 0 aromatic heterocycles. The monoisotopic (exact) mass is 273 g/mol. The number of likely N-dealkylation sites (tertiary alicyclic amines) is 1. The SMILES string of the molecule is CC(CNC1CCNCc2ccccc21)N1CCCC1. The summed E-state index contributed by atoms with van der Waals surface area (Å²) in [6.45, 7) is 8.13. The van der Waals surface area contributed by atoms with Gasteiger partial charge in [-0.3, -0.25) is 4.90 Å². The summed E-state index contributed by atoms with van der Waals surface area (Å²) in [5, 5.41) is 7.34. The van der Waals surface area contributed by atoms with Crippen molar-refractivity contribution in [3.05, 3.63) is 35.4 Å². The van der Waals surface area contributed by atoms with E-state index in [0.29, 0.717) is 12.1 Å². The van der Waals surface area contributed by atoms with E-state index in [4.69, 9.17) is 0 Å². The molecular weight excluding hydrogens is 246 g/mol. The first kappa shape index (κ1) is 14.1. The van der Waals surface area contributed by atoms with Crippen molar-refractivity contribution in [2.45, 2.75) is 44.8 Å². The van der Waals surface area contributed by atoms with Crippen LogP contribution < -0.4 is 10.6 Å². The van der Waals surface area contributed by atoms with Crippen molar-refractivity contribution < 1.29 is 0 Å². The molecular formula is C17H27N3. The standard InChI is InChI=1S/C17H27N3/c1-14(20-10-4-5-11-20)12-19-17-8-9-18-13-15-6-2-3-7-16(15)17/h2-3,6-7,14,17-19H,4-5,8-13H2,1H3. The van der Waals surface area contributed by atoms with E-state index in [2.05, 4.69) is 46.7 Å². The van der Waals surface area contributed by atoms with Gasteiger partial charge in [-0.2, -0.15) is 0 Å². The molecule has 3 nitrogen and oxygen atoms in total. The molecule has 20 heavy (non-hydrogen) atoms. The van der Waals surface area contributed by atoms with Crippen molar-refractivity contribution >= 4 is 0 Å². The first-order valence-corrected chi connectivity index (χ1v) is 8.10. The molecule has 2 unspecified atom stereocenters. The quantitative estimate of drug-likeness (QED) is 0.881. The van der Waals surface area contributed by atoms with E-state index in [9.17, 15) is 0 Å². The van der Waals surface area contributed by atoms with Gasteiger partial charge in [0.2, 0.25) is 0 Å². The fourth-order valence-corrected chi connectivity index (χ4v) is 3.50. The Labute approximate surface area is 122 Å². The van der Waals surface area contributed by atoms with Crippen molar-refractivity contribution in [2.24, 2.45) is 0 Å². The van der Waals surface area contributed by atoms with Gasteiger partial charge in [0.15, 0.2) is 0 Å². The summed E-state index contributed by atoms with van der Waals surface area (Å²) >= 11 is 0. The van der Waals surface area contributed by atoms with Crippen LogP contribution in [-0.4, -0.2) is 37.1 Å². The smallest absolute Gasteiger partial charge is 0.0336 e. The van der Waals surface area contributed by atoms with Crippen molar-refractivity contribution in [3.63, 3.8) is 0 Å². The molecule has 1 aromatic carbocycles. The van der Waals surface area contributed by atoms with E-state index in [1.165, 1.54) is 43.5 Å². The van der Waals surface area contributed by atoms with Crippen LogP contribution in [0.5, 0.6) is 0 Å². The second kappa shape index (κ2) is 6.70. The Kier molecular flexibility index (Phi) is 4.71. The minimum atomic E-state index is 0.506. The zero-order valence-electron chi connectivity index (χ0n) is 12.6. The Morgan fingerprint density at radius 3 is 2.95 bits per heavy atom. The number of nitrogens with zero attached hydrogens (tertiary/aromatic N) is 1. The summed E-state index contributed by atoms with van der Waals surface area (Å²) in [6.07, 6.45) is 3.94. The van der Waals surface area contributed by atoms with Gasteiger partial charge in [-0.1, -0.05) is 24.3 Å². The van der Waals surface area contributed by atoms with Crippen LogP contribution >= 0.6 is 0 Å². The summed E-state index contributed by atoms with van der Waals surface area (Å²) in [4.78, 5) is 2.62. The lowest BCUT2D eigenvalue weighted by Crippen LogP contribution is -2.40. The van der Waals surface area contributed by atoms with Crippen LogP contribution in [0.1, 0.15) is 43.4 Å². The molecule has 0 radical (unpaired) electrons. The maximum Gasteiger partial charge on any atom is 0.0336 e. The number of rotatable bonds is 4. The summed E-state index contributed by atoms with van der Waals surface area (Å²) in [5.41, 5.74) is 2.95. The lowest BCUT2D eigenvalue weighted by Gasteiger charge is -2.27. The van der Waals surface area contributed by atoms with E-state index in [1.807, 2.05) is 0 Å². The molecule has 0 spiro atoms. The van der Waals surface area contributed by atoms with E-state index in [-0.39, 0.29) is 0 Å². The summed E-state index contributed by atoms with van der Waals surface area (Å²) in [5.74, 6) is 0. The van der Waals surface area contributed by atoms with E-state index >= 15 is 0 Å². The second-order valence-electron chi connectivity index (χ2n) is 6.22. The molecule has 0 aliphatic carbocycles. The van der Waals surface area contributed by atoms with Crippen LogP contribution in [-0.2, 0) is 6.54 Å². The molecule has 2 aliphatic rings. The first-order chi connectivity index (χ1) is 9.84. The summed E-state index contributed by atoms with van der Waals surface area (Å²) in [7, 11) is 0. The fourth-order valence-electron chi connectivity index (χ4n) is 3.50. The molecule has 1 saturated heterocycles. The third-order valence-electron chi connectivity index (χ3n) is 4.78. The minimum absolute atomic E-state index is 0.506. The molecule has 2 aliphatic heterocycles. The molecule has 0 saturated carbocycles. The minimum Gasteiger partial charge on any atom is -0.313 e. The molecule has 2 atom stereocenters. The molecule has 0 amide bonds. The highest BCUT2D eigenvalue weighted by Gasteiger charge is 2.21. The van der Waals surface area contributed by atoms with Gasteiger partial charge >= 0.3 is 0 Å². The Morgan fingerprint density at radius 1 is 1.30 bits per heavy atom. The third-order valence-corrected chi connectivity index (χ3v) is 4.78. The Hall–Kier alpha value is -0.900. The van der Waals surface area contributed by atoms with Gasteiger partial charge in [0, 0.05) is 25.2 Å². The highest BCUT2D eigenvalue weighted by atomic mass is 15.2. The molecule has 1 aromatic rings. The molecule has 1 fully saturated rings. The van der Waals surface area contributed by atoms with Crippen molar-refractivity contribution in [1.29, 1.82) is 0 Å². The maximum absolute atomic E-state index is 3.81. The van der Waals surface area contributed by atoms with Gasteiger partial charge < -0.3 is 10.6 Å². The highest BCUT2D eigenvalue weighted by Crippen LogP contribution is 2.23. The van der Waals surface area contributed by atoms with E-state index < -0.39 is 0 Å². The van der Waals surface area contributed by atoms with Crippen molar-refractivity contribution in [2.75, 3.05) is 26.2 Å². The van der Waals surface area contributed by atoms with Crippen LogP contribution in [0.25, 0.3) is 0 Å². The van der Waals surface area contributed by atoms with E-state index in [1.54, 1.807) is 0 Å². The molecule has 110 valence electrons. The second-order valence-corrected chi connectivity index (χ2v) is 6.22. The third kappa shape index (κ3) is 3.22. The normalized spacial score (nSPS) is 25.1. The van der Waals surface area contributed by atoms with Crippen molar-refractivity contribution in [1.82, 2.24) is 15.5 Å². The van der Waals surface area contributed by atoms with Gasteiger partial charge in [0.05, 0.1) is 0 Å². The van der Waals surface area contributed by atoms with Gasteiger partial charge in [0.25, 0.3) is 0 Å². The van der Waals surface area contributed by atoms with Crippen molar-refractivity contribution in [3.8, 4) is 0 Å². The number of benzene rings is 1. The number of fused-ring (bicyclic) bond motifs is 1. The largest absolute Gasteiger partial charge is 0.313 e. The zero-order valence-corrected chi connectivity index (χ0v) is 12.6. The molecule has 0 bridgehead atoms.